The zero-order valence-corrected chi connectivity index (χ0v) is 17.7. The van der Waals surface area contributed by atoms with E-state index in [1.807, 2.05) is 0 Å². The first kappa shape index (κ1) is 22.4. The first-order chi connectivity index (χ1) is 13.9. The van der Waals surface area contributed by atoms with E-state index in [0.29, 0.717) is 0 Å². The normalized spacial score (nSPS) is 22.3. The predicted octanol–water partition coefficient (Wildman–Crippen LogP) is -1.12. The number of aromatic nitrogens is 2. The first-order valence-electron chi connectivity index (χ1n) is 8.84. The number of hydrogen-bond donors (Lipinski definition) is 3. The van der Waals surface area contributed by atoms with Gasteiger partial charge in [0.05, 0.1) is 17.1 Å². The van der Waals surface area contributed by atoms with E-state index in [9.17, 15) is 31.5 Å². The predicted molar refractivity (Wildman–Crippen MR) is 105 cm³/mol. The molecular weight excluding hydrogens is 438 g/mol. The Morgan fingerprint density at radius 1 is 1.20 bits per heavy atom. The molecule has 13 heteroatoms. The molecule has 0 aliphatic carbocycles. The number of rotatable bonds is 6. The van der Waals surface area contributed by atoms with Crippen LogP contribution >= 0.6 is 0 Å². The Labute approximate surface area is 172 Å². The Morgan fingerprint density at radius 2 is 1.83 bits per heavy atom. The second-order valence-electron chi connectivity index (χ2n) is 6.98. The Kier molecular flexibility index (Phi) is 6.02. The van der Waals surface area contributed by atoms with Crippen molar-refractivity contribution in [2.24, 2.45) is 0 Å². The molecule has 0 saturated carbocycles. The Balaban J connectivity index is 1.78. The topological polar surface area (TPSA) is 165 Å². The quantitative estimate of drug-likeness (QED) is 0.488. The van der Waals surface area contributed by atoms with Gasteiger partial charge < -0.3 is 9.84 Å². The van der Waals surface area contributed by atoms with Crippen molar-refractivity contribution in [3.05, 3.63) is 56.9 Å². The van der Waals surface area contributed by atoms with Crippen LogP contribution in [0.4, 0.5) is 0 Å². The van der Waals surface area contributed by atoms with E-state index in [1.165, 1.54) is 31.3 Å². The number of ether oxygens (including phenoxy) is 1. The zero-order valence-electron chi connectivity index (χ0n) is 16.1. The maximum atomic E-state index is 12.6. The van der Waals surface area contributed by atoms with Crippen molar-refractivity contribution in [1.82, 2.24) is 14.3 Å². The van der Waals surface area contributed by atoms with E-state index in [0.717, 1.165) is 16.9 Å². The second kappa shape index (κ2) is 8.07. The van der Waals surface area contributed by atoms with Crippen LogP contribution in [0.1, 0.15) is 18.2 Å². The third-order valence-corrected chi connectivity index (χ3v) is 7.44. The summed E-state index contributed by atoms with van der Waals surface area (Å²) in [5, 5.41) is 10.2. The van der Waals surface area contributed by atoms with Crippen LogP contribution in [0.2, 0.25) is 0 Å². The summed E-state index contributed by atoms with van der Waals surface area (Å²) in [6, 6.07) is 5.15. The number of nitrogens with one attached hydrogen (secondary N) is 2. The molecule has 2 heterocycles. The number of sulfone groups is 1. The molecule has 0 bridgehead atoms. The maximum Gasteiger partial charge on any atom is 0.330 e. The van der Waals surface area contributed by atoms with Crippen molar-refractivity contribution in [3.63, 3.8) is 0 Å². The standard InChI is InChI=1S/C17H21N3O8S2/c1-10-9-20(17(23)19-16(10)22)15-7-11(21)12(28-15)8-18-30(26,27)14-6-4-3-5-13(14)29(2,24)25/h3-6,9,11-12,15,18,21H,7-8H2,1-2H3,(H,19,22,23)/t11-,12+,15+/m0/s1. The summed E-state index contributed by atoms with van der Waals surface area (Å²) in [6.45, 7) is 1.15. The molecule has 11 nitrogen and oxygen atoms in total. The van der Waals surface area contributed by atoms with Gasteiger partial charge in [-0.25, -0.2) is 26.4 Å². The van der Waals surface area contributed by atoms with Crippen molar-refractivity contribution < 1.29 is 26.7 Å². The highest BCUT2D eigenvalue weighted by atomic mass is 32.2. The molecule has 0 spiro atoms. The van der Waals surface area contributed by atoms with Crippen molar-refractivity contribution in [3.8, 4) is 0 Å². The lowest BCUT2D eigenvalue weighted by Gasteiger charge is -2.17. The highest BCUT2D eigenvalue weighted by Gasteiger charge is 2.36. The molecule has 1 aromatic carbocycles. The van der Waals surface area contributed by atoms with Crippen LogP contribution in [0.25, 0.3) is 0 Å². The molecule has 1 aliphatic rings. The molecular formula is C17H21N3O8S2. The fourth-order valence-corrected chi connectivity index (χ4v) is 5.79. The third-order valence-electron chi connectivity index (χ3n) is 4.67. The van der Waals surface area contributed by atoms with Gasteiger partial charge in [-0.1, -0.05) is 12.1 Å². The van der Waals surface area contributed by atoms with Gasteiger partial charge in [0.15, 0.2) is 9.84 Å². The van der Waals surface area contributed by atoms with Crippen LogP contribution in [0.5, 0.6) is 0 Å². The molecule has 1 fully saturated rings. The largest absolute Gasteiger partial charge is 0.390 e. The molecule has 2 aromatic rings. The average molecular weight is 460 g/mol. The Morgan fingerprint density at radius 3 is 2.47 bits per heavy atom. The molecule has 30 heavy (non-hydrogen) atoms. The Bertz CT molecular complexity index is 1280. The lowest BCUT2D eigenvalue weighted by atomic mass is 10.2. The molecule has 164 valence electrons. The van der Waals surface area contributed by atoms with Gasteiger partial charge in [0.25, 0.3) is 5.56 Å². The lowest BCUT2D eigenvalue weighted by molar-refractivity contribution is -0.0169. The van der Waals surface area contributed by atoms with Crippen LogP contribution < -0.4 is 16.0 Å². The van der Waals surface area contributed by atoms with Crippen LogP contribution in [0.15, 0.2) is 49.8 Å². The van der Waals surface area contributed by atoms with E-state index in [-0.39, 0.29) is 23.4 Å². The molecule has 3 atom stereocenters. The van der Waals surface area contributed by atoms with Crippen LogP contribution in [-0.2, 0) is 24.6 Å². The molecule has 3 N–H and O–H groups in total. The molecule has 3 rings (SSSR count). The second-order valence-corrected chi connectivity index (χ2v) is 10.7. The van der Waals surface area contributed by atoms with E-state index < -0.39 is 54.4 Å². The third kappa shape index (κ3) is 4.54. The SMILES string of the molecule is Cc1cn([C@H]2C[C@H](O)[C@@H](CNS(=O)(=O)c3ccccc3S(C)(=O)=O)O2)c(=O)[nH]c1=O. The Hall–Kier alpha value is -2.32. The van der Waals surface area contributed by atoms with E-state index in [4.69, 9.17) is 4.74 Å². The van der Waals surface area contributed by atoms with Gasteiger partial charge in [0.2, 0.25) is 10.0 Å². The first-order valence-corrected chi connectivity index (χ1v) is 12.2. The van der Waals surface area contributed by atoms with Gasteiger partial charge in [-0.2, -0.15) is 0 Å². The van der Waals surface area contributed by atoms with E-state index in [2.05, 4.69) is 9.71 Å². The fourth-order valence-electron chi connectivity index (χ4n) is 3.12. The summed E-state index contributed by atoms with van der Waals surface area (Å²) in [6.07, 6.45) is -0.789. The van der Waals surface area contributed by atoms with E-state index in [1.54, 1.807) is 0 Å². The number of benzene rings is 1. The minimum atomic E-state index is -4.22. The summed E-state index contributed by atoms with van der Waals surface area (Å²) < 4.78 is 58.0. The number of aliphatic hydroxyl groups is 1. The van der Waals surface area contributed by atoms with E-state index >= 15 is 0 Å². The van der Waals surface area contributed by atoms with Gasteiger partial charge in [0, 0.05) is 31.0 Å². The van der Waals surface area contributed by atoms with Crippen molar-refractivity contribution >= 4 is 19.9 Å². The van der Waals surface area contributed by atoms with Crippen molar-refractivity contribution in [2.75, 3.05) is 12.8 Å². The van der Waals surface area contributed by atoms with Crippen LogP contribution in [0.3, 0.4) is 0 Å². The van der Waals surface area contributed by atoms with Gasteiger partial charge in [-0.05, 0) is 19.1 Å². The number of hydrogen-bond acceptors (Lipinski definition) is 8. The number of sulfonamides is 1. The highest BCUT2D eigenvalue weighted by molar-refractivity contribution is 7.93. The smallest absolute Gasteiger partial charge is 0.330 e. The van der Waals surface area contributed by atoms with Gasteiger partial charge in [0.1, 0.15) is 11.1 Å². The highest BCUT2D eigenvalue weighted by Crippen LogP contribution is 2.28. The van der Waals surface area contributed by atoms with Gasteiger partial charge in [-0.15, -0.1) is 0 Å². The number of aliphatic hydroxyl groups excluding tert-OH is 1. The summed E-state index contributed by atoms with van der Waals surface area (Å²) in [5.74, 6) is 0. The number of aryl methyl sites for hydroxylation is 1. The number of aromatic amines is 1. The molecule has 1 saturated heterocycles. The monoisotopic (exact) mass is 459 g/mol. The average Bonchev–Trinajstić information content (AvgIpc) is 3.03. The minimum absolute atomic E-state index is 0.00227. The maximum absolute atomic E-state index is 12.6. The van der Waals surface area contributed by atoms with Crippen molar-refractivity contribution in [1.29, 1.82) is 0 Å². The summed E-state index contributed by atoms with van der Waals surface area (Å²) in [7, 11) is -8.01. The summed E-state index contributed by atoms with van der Waals surface area (Å²) in [5.41, 5.74) is -0.982. The molecule has 0 unspecified atom stereocenters. The van der Waals surface area contributed by atoms with Gasteiger partial charge >= 0.3 is 5.69 Å². The minimum Gasteiger partial charge on any atom is -0.390 e. The molecule has 1 aromatic heterocycles. The van der Waals surface area contributed by atoms with Crippen LogP contribution in [-0.4, -0.2) is 56.5 Å². The molecule has 1 aliphatic heterocycles. The molecule has 0 amide bonds. The van der Waals surface area contributed by atoms with Gasteiger partial charge in [-0.3, -0.25) is 14.3 Å². The van der Waals surface area contributed by atoms with Crippen molar-refractivity contribution in [2.45, 2.75) is 41.6 Å². The van der Waals surface area contributed by atoms with Crippen LogP contribution in [0, 0.1) is 6.92 Å². The number of H-pyrrole nitrogens is 1. The summed E-state index contributed by atoms with van der Waals surface area (Å²) in [4.78, 5) is 24.9. The number of nitrogens with zero attached hydrogens (tertiary/aromatic N) is 1. The molecule has 0 radical (unpaired) electrons. The summed E-state index contributed by atoms with van der Waals surface area (Å²) >= 11 is 0. The fraction of sp³-hybridized carbons (Fsp3) is 0.412. The zero-order chi connectivity index (χ0) is 22.3. The lowest BCUT2D eigenvalue weighted by Crippen LogP contribution is -2.37.